The Bertz CT molecular complexity index is 463. The molecule has 1 aromatic rings. The lowest BCUT2D eigenvalue weighted by atomic mass is 10.2. The maximum absolute atomic E-state index is 11.9. The first-order chi connectivity index (χ1) is 9.52. The zero-order valence-corrected chi connectivity index (χ0v) is 12.3. The highest BCUT2D eigenvalue weighted by molar-refractivity contribution is 5.77. The van der Waals surface area contributed by atoms with Gasteiger partial charge in [-0.25, -0.2) is 0 Å². The Morgan fingerprint density at radius 2 is 1.85 bits per heavy atom. The zero-order chi connectivity index (χ0) is 15.0. The molecule has 0 radical (unpaired) electrons. The van der Waals surface area contributed by atoms with Crippen LogP contribution < -0.4 is 4.74 Å². The summed E-state index contributed by atoms with van der Waals surface area (Å²) in [5, 5.41) is 8.69. The number of rotatable bonds is 7. The zero-order valence-electron chi connectivity index (χ0n) is 12.3. The van der Waals surface area contributed by atoms with Gasteiger partial charge in [0, 0.05) is 13.6 Å². The van der Waals surface area contributed by atoms with Crippen molar-refractivity contribution in [3.63, 3.8) is 0 Å². The van der Waals surface area contributed by atoms with Crippen molar-refractivity contribution in [2.75, 3.05) is 40.8 Å². The molecule has 5 heteroatoms. The third kappa shape index (κ3) is 5.72. The Kier molecular flexibility index (Phi) is 6.54. The fraction of sp³-hybridized carbons (Fsp3) is 0.467. The van der Waals surface area contributed by atoms with E-state index in [1.165, 1.54) is 0 Å². The van der Waals surface area contributed by atoms with Crippen molar-refractivity contribution < 1.29 is 9.53 Å². The van der Waals surface area contributed by atoms with Crippen LogP contribution in [0.4, 0.5) is 0 Å². The number of hydrogen-bond acceptors (Lipinski definition) is 4. The van der Waals surface area contributed by atoms with Gasteiger partial charge in [-0.1, -0.05) is 0 Å². The molecule has 0 aromatic heterocycles. The number of ether oxygens (including phenoxy) is 1. The van der Waals surface area contributed by atoms with E-state index in [9.17, 15) is 4.79 Å². The molecule has 0 bridgehead atoms. The van der Waals surface area contributed by atoms with Crippen LogP contribution in [-0.4, -0.2) is 56.5 Å². The molecule has 0 aliphatic carbocycles. The molecule has 0 heterocycles. The summed E-state index contributed by atoms with van der Waals surface area (Å²) in [4.78, 5) is 15.6. The van der Waals surface area contributed by atoms with Gasteiger partial charge >= 0.3 is 0 Å². The van der Waals surface area contributed by atoms with Crippen molar-refractivity contribution >= 4 is 5.91 Å². The van der Waals surface area contributed by atoms with E-state index in [4.69, 9.17) is 10.00 Å². The molecule has 108 valence electrons. The molecule has 0 saturated heterocycles. The van der Waals surface area contributed by atoms with Gasteiger partial charge < -0.3 is 14.5 Å². The van der Waals surface area contributed by atoms with Crippen LogP contribution in [0.3, 0.4) is 0 Å². The molecule has 20 heavy (non-hydrogen) atoms. The van der Waals surface area contributed by atoms with Crippen LogP contribution in [0, 0.1) is 11.3 Å². The first-order valence-corrected chi connectivity index (χ1v) is 6.54. The maximum Gasteiger partial charge on any atom is 0.260 e. The molecule has 0 aliphatic heterocycles. The summed E-state index contributed by atoms with van der Waals surface area (Å²) >= 11 is 0. The van der Waals surface area contributed by atoms with Crippen molar-refractivity contribution in [3.05, 3.63) is 29.8 Å². The number of hydrogen-bond donors (Lipinski definition) is 0. The van der Waals surface area contributed by atoms with E-state index in [0.717, 1.165) is 13.0 Å². The Morgan fingerprint density at radius 1 is 1.20 bits per heavy atom. The van der Waals surface area contributed by atoms with Crippen LogP contribution in [0.15, 0.2) is 24.3 Å². The molecule has 0 fully saturated rings. The predicted molar refractivity (Wildman–Crippen MR) is 77.5 cm³/mol. The molecular weight excluding hydrogens is 254 g/mol. The van der Waals surface area contributed by atoms with E-state index in [2.05, 4.69) is 4.90 Å². The van der Waals surface area contributed by atoms with Crippen LogP contribution in [0.25, 0.3) is 0 Å². The fourth-order valence-electron chi connectivity index (χ4n) is 1.63. The molecule has 0 aliphatic rings. The average Bonchev–Trinajstić information content (AvgIpc) is 2.44. The Hall–Kier alpha value is -2.06. The smallest absolute Gasteiger partial charge is 0.260 e. The number of carbonyl (C=O) groups is 1. The van der Waals surface area contributed by atoms with Crippen molar-refractivity contribution in [2.45, 2.75) is 6.42 Å². The lowest BCUT2D eigenvalue weighted by Crippen LogP contribution is -2.33. The third-order valence-electron chi connectivity index (χ3n) is 2.87. The van der Waals surface area contributed by atoms with E-state index in [-0.39, 0.29) is 12.5 Å². The second-order valence-corrected chi connectivity index (χ2v) is 4.90. The highest BCUT2D eigenvalue weighted by Gasteiger charge is 2.09. The number of amides is 1. The van der Waals surface area contributed by atoms with Crippen LogP contribution in [0.1, 0.15) is 12.0 Å². The van der Waals surface area contributed by atoms with E-state index < -0.39 is 0 Å². The maximum atomic E-state index is 11.9. The first-order valence-electron chi connectivity index (χ1n) is 6.54. The Balaban J connectivity index is 2.32. The third-order valence-corrected chi connectivity index (χ3v) is 2.87. The summed E-state index contributed by atoms with van der Waals surface area (Å²) in [7, 11) is 5.80. The number of nitrogens with zero attached hydrogens (tertiary/aromatic N) is 3. The second kappa shape index (κ2) is 8.18. The normalized spacial score (nSPS) is 10.2. The number of likely N-dealkylation sites (N-methyl/N-ethyl adjacent to an activating group) is 1. The molecule has 0 saturated carbocycles. The Labute approximate surface area is 120 Å². The topological polar surface area (TPSA) is 56.6 Å². The van der Waals surface area contributed by atoms with Crippen LogP contribution in [-0.2, 0) is 4.79 Å². The molecule has 0 spiro atoms. The van der Waals surface area contributed by atoms with E-state index in [1.807, 2.05) is 20.2 Å². The van der Waals surface area contributed by atoms with Gasteiger partial charge in [-0.2, -0.15) is 5.26 Å². The Morgan fingerprint density at radius 3 is 2.40 bits per heavy atom. The van der Waals surface area contributed by atoms with Gasteiger partial charge in [0.2, 0.25) is 0 Å². The van der Waals surface area contributed by atoms with Gasteiger partial charge in [-0.3, -0.25) is 4.79 Å². The minimum absolute atomic E-state index is 0.0182. The summed E-state index contributed by atoms with van der Waals surface area (Å²) < 4.78 is 5.40. The summed E-state index contributed by atoms with van der Waals surface area (Å²) in [6, 6.07) is 8.75. The quantitative estimate of drug-likeness (QED) is 0.753. The summed E-state index contributed by atoms with van der Waals surface area (Å²) in [5.41, 5.74) is 0.574. The summed E-state index contributed by atoms with van der Waals surface area (Å²) in [5.74, 6) is 0.548. The van der Waals surface area contributed by atoms with Crippen molar-refractivity contribution in [3.8, 4) is 11.8 Å². The van der Waals surface area contributed by atoms with Crippen LogP contribution >= 0.6 is 0 Å². The molecular formula is C15H21N3O2. The van der Waals surface area contributed by atoms with Crippen LogP contribution in [0.2, 0.25) is 0 Å². The lowest BCUT2D eigenvalue weighted by Gasteiger charge is -2.18. The molecule has 0 unspecified atom stereocenters. The minimum atomic E-state index is -0.0480. The number of benzene rings is 1. The fourth-order valence-corrected chi connectivity index (χ4v) is 1.63. The first kappa shape index (κ1) is 16.0. The summed E-state index contributed by atoms with van der Waals surface area (Å²) in [6.07, 6.45) is 0.937. The molecule has 0 N–H and O–H groups in total. The van der Waals surface area contributed by atoms with Crippen molar-refractivity contribution in [1.82, 2.24) is 9.80 Å². The second-order valence-electron chi connectivity index (χ2n) is 4.90. The summed E-state index contributed by atoms with van der Waals surface area (Å²) in [6.45, 7) is 1.69. The predicted octanol–water partition coefficient (Wildman–Crippen LogP) is 1.35. The van der Waals surface area contributed by atoms with Gasteiger partial charge in [0.1, 0.15) is 5.75 Å². The SMILES string of the molecule is CN(C)CCCN(C)C(=O)COc1ccc(C#N)cc1. The van der Waals surface area contributed by atoms with Crippen molar-refractivity contribution in [2.24, 2.45) is 0 Å². The molecule has 5 nitrogen and oxygen atoms in total. The van der Waals surface area contributed by atoms with E-state index >= 15 is 0 Å². The van der Waals surface area contributed by atoms with E-state index in [1.54, 1.807) is 36.2 Å². The average molecular weight is 275 g/mol. The van der Waals surface area contributed by atoms with Gasteiger partial charge in [0.05, 0.1) is 11.6 Å². The molecule has 1 aromatic carbocycles. The van der Waals surface area contributed by atoms with Gasteiger partial charge in [0.25, 0.3) is 5.91 Å². The van der Waals surface area contributed by atoms with Crippen LogP contribution in [0.5, 0.6) is 5.75 Å². The molecule has 1 amide bonds. The van der Waals surface area contributed by atoms with Gasteiger partial charge in [-0.15, -0.1) is 0 Å². The highest BCUT2D eigenvalue weighted by Crippen LogP contribution is 2.11. The number of carbonyl (C=O) groups excluding carboxylic acids is 1. The molecule has 0 atom stereocenters. The standard InChI is InChI=1S/C15H21N3O2/c1-17(2)9-4-10-18(3)15(19)12-20-14-7-5-13(11-16)6-8-14/h5-8H,4,9-10,12H2,1-3H3. The highest BCUT2D eigenvalue weighted by atomic mass is 16.5. The van der Waals surface area contributed by atoms with Gasteiger partial charge in [0.15, 0.2) is 6.61 Å². The van der Waals surface area contributed by atoms with E-state index in [0.29, 0.717) is 17.9 Å². The largest absolute Gasteiger partial charge is 0.484 e. The number of nitriles is 1. The van der Waals surface area contributed by atoms with Gasteiger partial charge in [-0.05, 0) is 51.3 Å². The lowest BCUT2D eigenvalue weighted by molar-refractivity contribution is -0.132. The molecule has 1 rings (SSSR count). The monoisotopic (exact) mass is 275 g/mol. The van der Waals surface area contributed by atoms with Crippen molar-refractivity contribution in [1.29, 1.82) is 5.26 Å². The minimum Gasteiger partial charge on any atom is -0.484 e.